The molecule has 182 valence electrons. The van der Waals surface area contributed by atoms with E-state index in [1.807, 2.05) is 12.1 Å². The van der Waals surface area contributed by atoms with Crippen LogP contribution in [0.25, 0.3) is 0 Å². The monoisotopic (exact) mass is 562 g/mol. The number of rotatable bonds is 8. The van der Waals surface area contributed by atoms with Gasteiger partial charge in [-0.15, -0.1) is 24.0 Å². The lowest BCUT2D eigenvalue weighted by Gasteiger charge is -2.38. The van der Waals surface area contributed by atoms with Crippen molar-refractivity contribution in [2.24, 2.45) is 10.9 Å². The highest BCUT2D eigenvalue weighted by Crippen LogP contribution is 2.35. The summed E-state index contributed by atoms with van der Waals surface area (Å²) < 4.78 is 24.7. The molecule has 1 atom stereocenters. The van der Waals surface area contributed by atoms with Crippen molar-refractivity contribution >= 4 is 29.9 Å². The van der Waals surface area contributed by atoms with Crippen LogP contribution in [-0.2, 0) is 14.9 Å². The molecular formula is C24H40FIN4O2. The van der Waals surface area contributed by atoms with Gasteiger partial charge in [-0.1, -0.05) is 26.0 Å². The van der Waals surface area contributed by atoms with Gasteiger partial charge in [-0.25, -0.2) is 4.39 Å². The number of ether oxygens (including phenoxy) is 2. The summed E-state index contributed by atoms with van der Waals surface area (Å²) in [5.41, 5.74) is 1.03. The zero-order valence-corrected chi connectivity index (χ0v) is 22.1. The number of benzene rings is 1. The molecule has 2 fully saturated rings. The first kappa shape index (κ1) is 27.3. The van der Waals surface area contributed by atoms with E-state index in [9.17, 15) is 4.39 Å². The molecule has 0 aromatic heterocycles. The lowest BCUT2D eigenvalue weighted by Crippen LogP contribution is -2.52. The molecule has 2 aliphatic rings. The molecule has 1 aromatic carbocycles. The minimum atomic E-state index is -0.202. The molecule has 32 heavy (non-hydrogen) atoms. The standard InChI is InChI=1S/C24H39FN4O2.HI/c1-4-26-23(27-17-22(19(2)3)29-11-15-31-16-12-29)28-18-24(9-13-30-14-10-24)20-5-7-21(25)8-6-20;/h5-8,19,22H,4,9-18H2,1-3H3,(H2,26,27,28);1H. The molecule has 0 radical (unpaired) electrons. The molecule has 3 rings (SSSR count). The first-order valence-electron chi connectivity index (χ1n) is 11.7. The third-order valence-corrected chi connectivity index (χ3v) is 6.55. The van der Waals surface area contributed by atoms with Gasteiger partial charge in [0.1, 0.15) is 5.82 Å². The van der Waals surface area contributed by atoms with Crippen molar-refractivity contribution in [3.05, 3.63) is 35.6 Å². The minimum absolute atomic E-state index is 0. The van der Waals surface area contributed by atoms with Gasteiger partial charge < -0.3 is 20.1 Å². The molecule has 0 aliphatic carbocycles. The van der Waals surface area contributed by atoms with Gasteiger partial charge in [0.05, 0.1) is 19.8 Å². The van der Waals surface area contributed by atoms with Crippen LogP contribution < -0.4 is 10.6 Å². The van der Waals surface area contributed by atoms with E-state index in [0.29, 0.717) is 31.7 Å². The Morgan fingerprint density at radius 2 is 1.69 bits per heavy atom. The Balaban J connectivity index is 0.00000363. The van der Waals surface area contributed by atoms with Gasteiger partial charge in [0.2, 0.25) is 0 Å². The third kappa shape index (κ3) is 7.53. The van der Waals surface area contributed by atoms with Crippen molar-refractivity contribution < 1.29 is 13.9 Å². The van der Waals surface area contributed by atoms with E-state index in [2.05, 4.69) is 36.3 Å². The Kier molecular flexibility index (Phi) is 11.7. The molecule has 0 amide bonds. The number of halogens is 2. The van der Waals surface area contributed by atoms with Crippen LogP contribution in [0, 0.1) is 11.7 Å². The molecule has 1 aromatic rings. The molecule has 6 nitrogen and oxygen atoms in total. The van der Waals surface area contributed by atoms with Crippen LogP contribution in [0.1, 0.15) is 39.2 Å². The maximum atomic E-state index is 13.5. The summed E-state index contributed by atoms with van der Waals surface area (Å²) in [4.78, 5) is 7.50. The van der Waals surface area contributed by atoms with Crippen LogP contribution in [0.4, 0.5) is 4.39 Å². The summed E-state index contributed by atoms with van der Waals surface area (Å²) in [6, 6.07) is 7.35. The molecule has 8 heteroatoms. The van der Waals surface area contributed by atoms with E-state index in [0.717, 1.165) is 63.8 Å². The number of hydrogen-bond acceptors (Lipinski definition) is 4. The highest BCUT2D eigenvalue weighted by atomic mass is 127. The van der Waals surface area contributed by atoms with Crippen LogP contribution in [0.2, 0.25) is 0 Å². The van der Waals surface area contributed by atoms with Crippen molar-refractivity contribution in [3.8, 4) is 0 Å². The zero-order chi connectivity index (χ0) is 22.1. The fourth-order valence-electron chi connectivity index (χ4n) is 4.57. The number of aliphatic imine (C=N–C) groups is 1. The second-order valence-corrected chi connectivity index (χ2v) is 8.94. The van der Waals surface area contributed by atoms with E-state index in [4.69, 9.17) is 14.5 Å². The topological polar surface area (TPSA) is 58.1 Å². The molecule has 0 saturated carbocycles. The van der Waals surface area contributed by atoms with Crippen molar-refractivity contribution in [3.63, 3.8) is 0 Å². The highest BCUT2D eigenvalue weighted by Gasteiger charge is 2.34. The van der Waals surface area contributed by atoms with Crippen LogP contribution >= 0.6 is 24.0 Å². The summed E-state index contributed by atoms with van der Waals surface area (Å²) in [7, 11) is 0. The average Bonchev–Trinajstić information content (AvgIpc) is 2.79. The van der Waals surface area contributed by atoms with Gasteiger partial charge in [-0.2, -0.15) is 0 Å². The Labute approximate surface area is 209 Å². The van der Waals surface area contributed by atoms with Gasteiger partial charge >= 0.3 is 0 Å². The lowest BCUT2D eigenvalue weighted by atomic mass is 9.74. The van der Waals surface area contributed by atoms with Gasteiger partial charge in [0.25, 0.3) is 0 Å². The molecular weight excluding hydrogens is 522 g/mol. The number of nitrogens with zero attached hydrogens (tertiary/aromatic N) is 2. The Hall–Kier alpha value is -0.970. The lowest BCUT2D eigenvalue weighted by molar-refractivity contribution is 0.00751. The Bertz CT molecular complexity index is 690. The van der Waals surface area contributed by atoms with Crippen molar-refractivity contribution in [2.45, 2.75) is 45.1 Å². The number of guanidine groups is 1. The molecule has 2 N–H and O–H groups in total. The zero-order valence-electron chi connectivity index (χ0n) is 19.7. The van der Waals surface area contributed by atoms with Crippen LogP contribution in [-0.4, -0.2) is 76.1 Å². The first-order valence-corrected chi connectivity index (χ1v) is 11.7. The third-order valence-electron chi connectivity index (χ3n) is 6.55. The van der Waals surface area contributed by atoms with Gasteiger partial charge in [-0.3, -0.25) is 9.89 Å². The number of nitrogens with one attached hydrogen (secondary N) is 2. The second-order valence-electron chi connectivity index (χ2n) is 8.94. The van der Waals surface area contributed by atoms with Gasteiger partial charge in [0.15, 0.2) is 5.96 Å². The maximum Gasteiger partial charge on any atom is 0.191 e. The fraction of sp³-hybridized carbons (Fsp3) is 0.708. The van der Waals surface area contributed by atoms with Crippen LogP contribution in [0.5, 0.6) is 0 Å². The molecule has 0 spiro atoms. The maximum absolute atomic E-state index is 13.5. The summed E-state index contributed by atoms with van der Waals surface area (Å²) in [6.45, 7) is 13.9. The van der Waals surface area contributed by atoms with E-state index in [1.165, 1.54) is 0 Å². The molecule has 1 unspecified atom stereocenters. The van der Waals surface area contributed by atoms with Gasteiger partial charge in [0, 0.05) is 50.8 Å². The Morgan fingerprint density at radius 3 is 2.28 bits per heavy atom. The second kappa shape index (κ2) is 13.7. The molecule has 2 aliphatic heterocycles. The van der Waals surface area contributed by atoms with E-state index in [1.54, 1.807) is 12.1 Å². The Morgan fingerprint density at radius 1 is 1.06 bits per heavy atom. The average molecular weight is 563 g/mol. The summed E-state index contributed by atoms with van der Waals surface area (Å²) in [6.07, 6.45) is 1.79. The quantitative estimate of drug-likeness (QED) is 0.289. The molecule has 2 heterocycles. The predicted octanol–water partition coefficient (Wildman–Crippen LogP) is 3.40. The predicted molar refractivity (Wildman–Crippen MR) is 139 cm³/mol. The summed E-state index contributed by atoms with van der Waals surface area (Å²) >= 11 is 0. The van der Waals surface area contributed by atoms with Crippen molar-refractivity contribution in [1.82, 2.24) is 15.5 Å². The van der Waals surface area contributed by atoms with Crippen LogP contribution in [0.3, 0.4) is 0 Å². The SMILES string of the molecule is CCNC(=NCC1(c2ccc(F)cc2)CCOCC1)NCC(C(C)C)N1CCOCC1.I. The normalized spacial score (nSPS) is 20.5. The summed E-state index contributed by atoms with van der Waals surface area (Å²) in [5.74, 6) is 1.18. The fourth-order valence-corrected chi connectivity index (χ4v) is 4.57. The molecule has 2 saturated heterocycles. The highest BCUT2D eigenvalue weighted by molar-refractivity contribution is 14.0. The minimum Gasteiger partial charge on any atom is -0.381 e. The van der Waals surface area contributed by atoms with E-state index >= 15 is 0 Å². The van der Waals surface area contributed by atoms with Crippen molar-refractivity contribution in [1.29, 1.82) is 0 Å². The largest absolute Gasteiger partial charge is 0.381 e. The summed E-state index contributed by atoms with van der Waals surface area (Å²) in [5, 5.41) is 6.98. The van der Waals surface area contributed by atoms with E-state index in [-0.39, 0.29) is 35.2 Å². The van der Waals surface area contributed by atoms with E-state index < -0.39 is 0 Å². The first-order chi connectivity index (χ1) is 15.0. The van der Waals surface area contributed by atoms with Gasteiger partial charge in [-0.05, 0) is 43.4 Å². The van der Waals surface area contributed by atoms with Crippen LogP contribution in [0.15, 0.2) is 29.3 Å². The smallest absolute Gasteiger partial charge is 0.191 e. The number of hydrogen-bond donors (Lipinski definition) is 2. The number of morpholine rings is 1. The van der Waals surface area contributed by atoms with Crippen molar-refractivity contribution in [2.75, 3.05) is 59.2 Å². The molecule has 0 bridgehead atoms.